The van der Waals surface area contributed by atoms with Crippen LogP contribution in [0.2, 0.25) is 0 Å². The Balaban J connectivity index is 5.09. The predicted octanol–water partition coefficient (Wildman–Crippen LogP) is 7.44. The molecule has 0 fully saturated rings. The van der Waals surface area contributed by atoms with E-state index in [4.69, 9.17) is 29.6 Å². The van der Waals surface area contributed by atoms with Crippen LogP contribution in [-0.2, 0) is 57.7 Å². The molecule has 0 radical (unpaired) electrons. The Morgan fingerprint density at radius 1 is 0.676 bits per heavy atom. The third-order valence-electron chi connectivity index (χ3n) is 4.33. The van der Waals surface area contributed by atoms with Gasteiger partial charge in [-0.3, -0.25) is 0 Å². The molecule has 0 rings (SSSR count). The standard InChI is InChI=1S/C16H37O10P3.C3H7O.Ti/c1-3-5-7-9-11-13-15-23-29(22,24-16-14-12-10-8-6-4-2)26-28(20,21)25-27(17,18)19;1-3(2)4;/h3-16H2,1-2H3,(H,20,21)(H2,17,18,19);3H,1-2H3;/q;-1;+2/p-1. The molecular formula is C19H43O11P3Ti. The van der Waals surface area contributed by atoms with Crippen LogP contribution in [-0.4, -0.2) is 29.1 Å². The summed E-state index contributed by atoms with van der Waals surface area (Å²) in [5.41, 5.74) is 0. The zero-order valence-electron chi connectivity index (χ0n) is 20.9. The van der Waals surface area contributed by atoms with Gasteiger partial charge >= 0.3 is 201 Å². The first kappa shape index (κ1) is 35.1. The van der Waals surface area contributed by atoms with Gasteiger partial charge < -0.3 is 0 Å². The zero-order chi connectivity index (χ0) is 25.9. The Morgan fingerprint density at radius 2 is 1.12 bits per heavy atom. The Labute approximate surface area is 214 Å². The van der Waals surface area contributed by atoms with Crippen molar-refractivity contribution in [1.82, 2.24) is 0 Å². The van der Waals surface area contributed by atoms with Crippen molar-refractivity contribution in [2.24, 2.45) is 0 Å². The second kappa shape index (κ2) is 20.1. The summed E-state index contributed by atoms with van der Waals surface area (Å²) in [5, 5.41) is 0. The normalized spacial score (nSPS) is 14.4. The van der Waals surface area contributed by atoms with Crippen molar-refractivity contribution in [1.29, 1.82) is 0 Å². The molecule has 0 aromatic rings. The van der Waals surface area contributed by atoms with Crippen LogP contribution in [0.15, 0.2) is 0 Å². The summed E-state index contributed by atoms with van der Waals surface area (Å²) in [5.74, 6) is 0. The van der Waals surface area contributed by atoms with Gasteiger partial charge in [-0.05, 0) is 0 Å². The van der Waals surface area contributed by atoms with E-state index < -0.39 is 43.4 Å². The molecule has 0 aliphatic rings. The quantitative estimate of drug-likeness (QED) is 0.0659. The molecule has 0 saturated carbocycles. The van der Waals surface area contributed by atoms with E-state index in [-0.39, 0.29) is 19.3 Å². The summed E-state index contributed by atoms with van der Waals surface area (Å²) < 4.78 is 67.4. The number of hydrogen-bond donors (Lipinski definition) is 2. The molecule has 204 valence electrons. The van der Waals surface area contributed by atoms with Crippen molar-refractivity contribution < 1.29 is 67.5 Å². The van der Waals surface area contributed by atoms with Gasteiger partial charge in [0.1, 0.15) is 0 Å². The Morgan fingerprint density at radius 3 is 1.53 bits per heavy atom. The summed E-state index contributed by atoms with van der Waals surface area (Å²) in [6.07, 6.45) is 11.1. The van der Waals surface area contributed by atoms with Crippen LogP contribution >= 0.6 is 23.5 Å². The van der Waals surface area contributed by atoms with E-state index in [0.717, 1.165) is 64.2 Å². The van der Waals surface area contributed by atoms with Crippen LogP contribution in [0.25, 0.3) is 0 Å². The monoisotopic (exact) mass is 588 g/mol. The molecule has 1 atom stereocenters. The first-order valence-corrected chi connectivity index (χ1v) is 17.7. The molecule has 0 saturated heterocycles. The summed E-state index contributed by atoms with van der Waals surface area (Å²) in [6, 6.07) is 0. The number of unbranched alkanes of at least 4 members (excludes halogenated alkanes) is 10. The number of rotatable bonds is 24. The molecule has 0 bridgehead atoms. The SMILES string of the molecule is CCCCCCCCOP(=O)(OCCCCCCCC)OP(=O)([O][Ti][O]C(C)C)OP(=O)(O)O. The topological polar surface area (TPSA) is 147 Å². The van der Waals surface area contributed by atoms with Crippen LogP contribution in [0.3, 0.4) is 0 Å². The fourth-order valence-corrected chi connectivity index (χ4v) is 8.50. The van der Waals surface area contributed by atoms with Crippen molar-refractivity contribution in [3.05, 3.63) is 0 Å². The maximum atomic E-state index is 13.2. The zero-order valence-corrected chi connectivity index (χ0v) is 25.1. The second-order valence-electron chi connectivity index (χ2n) is 8.09. The van der Waals surface area contributed by atoms with Gasteiger partial charge in [0.15, 0.2) is 0 Å². The van der Waals surface area contributed by atoms with Gasteiger partial charge in [-0.15, -0.1) is 0 Å². The molecular weight excluding hydrogens is 545 g/mol. The van der Waals surface area contributed by atoms with Crippen molar-refractivity contribution in [3.63, 3.8) is 0 Å². The molecule has 0 heterocycles. The van der Waals surface area contributed by atoms with Crippen LogP contribution in [0.1, 0.15) is 105 Å². The molecule has 0 aromatic carbocycles. The third-order valence-corrected chi connectivity index (χ3v) is 11.2. The van der Waals surface area contributed by atoms with Crippen molar-refractivity contribution >= 4 is 23.5 Å². The average Bonchev–Trinajstić information content (AvgIpc) is 2.70. The van der Waals surface area contributed by atoms with Crippen molar-refractivity contribution in [2.45, 2.75) is 111 Å². The second-order valence-corrected chi connectivity index (χ2v) is 14.4. The van der Waals surface area contributed by atoms with Crippen molar-refractivity contribution in [3.8, 4) is 0 Å². The van der Waals surface area contributed by atoms with Gasteiger partial charge in [0, 0.05) is 0 Å². The third kappa shape index (κ3) is 21.2. The molecule has 34 heavy (non-hydrogen) atoms. The van der Waals surface area contributed by atoms with Crippen LogP contribution < -0.4 is 0 Å². The molecule has 0 aromatic heterocycles. The van der Waals surface area contributed by atoms with E-state index in [1.807, 2.05) is 0 Å². The summed E-state index contributed by atoms with van der Waals surface area (Å²) in [4.78, 5) is 18.3. The van der Waals surface area contributed by atoms with Gasteiger partial charge in [0.05, 0.1) is 0 Å². The first-order chi connectivity index (χ1) is 16.0. The summed E-state index contributed by atoms with van der Waals surface area (Å²) in [6.45, 7) is 7.61. The van der Waals surface area contributed by atoms with Crippen molar-refractivity contribution in [2.75, 3.05) is 13.2 Å². The van der Waals surface area contributed by atoms with E-state index in [1.165, 1.54) is 0 Å². The number of phosphoric ester groups is 1. The molecule has 11 nitrogen and oxygen atoms in total. The molecule has 0 aliphatic carbocycles. The fraction of sp³-hybridized carbons (Fsp3) is 1.00. The predicted molar refractivity (Wildman–Crippen MR) is 125 cm³/mol. The number of hydrogen-bond acceptors (Lipinski definition) is 9. The minimum absolute atomic E-state index is 0.00536. The van der Waals surface area contributed by atoms with Gasteiger partial charge in [0.2, 0.25) is 0 Å². The molecule has 0 spiro atoms. The van der Waals surface area contributed by atoms with E-state index in [9.17, 15) is 13.7 Å². The fourth-order valence-electron chi connectivity index (χ4n) is 2.67. The van der Waals surface area contributed by atoms with E-state index in [0.29, 0.717) is 12.8 Å². The van der Waals surface area contributed by atoms with Gasteiger partial charge in [0.25, 0.3) is 0 Å². The average molecular weight is 588 g/mol. The summed E-state index contributed by atoms with van der Waals surface area (Å²) in [7, 11) is -14.8. The van der Waals surface area contributed by atoms with Gasteiger partial charge in [-0.2, -0.15) is 0 Å². The van der Waals surface area contributed by atoms with E-state index in [1.54, 1.807) is 13.8 Å². The minimum atomic E-state index is -5.31. The summed E-state index contributed by atoms with van der Waals surface area (Å²) >= 11 is -1.90. The Hall–Kier alpha value is 1.08. The van der Waals surface area contributed by atoms with Crippen LogP contribution in [0.4, 0.5) is 0 Å². The molecule has 1 unspecified atom stereocenters. The Bertz CT molecular complexity index is 623. The van der Waals surface area contributed by atoms with Gasteiger partial charge in [-0.1, -0.05) is 13.8 Å². The molecule has 2 N–H and O–H groups in total. The molecule has 0 aliphatic heterocycles. The Kier molecular flexibility index (Phi) is 20.7. The molecule has 15 heteroatoms. The van der Waals surface area contributed by atoms with E-state index in [2.05, 4.69) is 18.2 Å². The van der Waals surface area contributed by atoms with Gasteiger partial charge in [-0.25, -0.2) is 0 Å². The van der Waals surface area contributed by atoms with E-state index >= 15 is 0 Å². The number of phosphoric acid groups is 3. The maximum absolute atomic E-state index is 13.2. The van der Waals surface area contributed by atoms with Crippen LogP contribution in [0, 0.1) is 0 Å². The first-order valence-electron chi connectivity index (χ1n) is 12.0. The van der Waals surface area contributed by atoms with Crippen LogP contribution in [0.5, 0.6) is 0 Å². The molecule has 0 amide bonds.